The molecule has 1 saturated heterocycles. The molecule has 0 aliphatic carbocycles. The van der Waals surface area contributed by atoms with Crippen molar-refractivity contribution in [3.63, 3.8) is 0 Å². The van der Waals surface area contributed by atoms with Crippen molar-refractivity contribution < 1.29 is 4.74 Å². The molecule has 1 aliphatic heterocycles. The highest BCUT2D eigenvalue weighted by molar-refractivity contribution is 14.0. The summed E-state index contributed by atoms with van der Waals surface area (Å²) in [6.45, 7) is 5.64. The summed E-state index contributed by atoms with van der Waals surface area (Å²) in [4.78, 5) is 8.43. The van der Waals surface area contributed by atoms with E-state index in [1.807, 2.05) is 37.1 Å². The van der Waals surface area contributed by atoms with Crippen molar-refractivity contribution in [3.8, 4) is 0 Å². The van der Waals surface area contributed by atoms with Crippen molar-refractivity contribution in [2.24, 2.45) is 4.99 Å². The molecule has 1 aliphatic rings. The number of rotatable bonds is 7. The average molecular weight is 499 g/mol. The van der Waals surface area contributed by atoms with E-state index in [0.29, 0.717) is 5.15 Å². The van der Waals surface area contributed by atoms with Crippen LogP contribution in [0.1, 0.15) is 25.3 Å². The van der Waals surface area contributed by atoms with Crippen LogP contribution in [0.3, 0.4) is 0 Å². The normalized spacial score (nSPS) is 16.8. The maximum Gasteiger partial charge on any atom is 0.191 e. The first-order valence-corrected chi connectivity index (χ1v) is 9.80. The predicted molar refractivity (Wildman–Crippen MR) is 119 cm³/mol. The molecule has 0 radical (unpaired) electrons. The molecule has 0 bridgehead atoms. The van der Waals surface area contributed by atoms with Crippen LogP contribution in [0.2, 0.25) is 5.15 Å². The van der Waals surface area contributed by atoms with Crippen molar-refractivity contribution in [1.29, 1.82) is 0 Å². The Kier molecular flexibility index (Phi) is 11.1. The Morgan fingerprint density at radius 2 is 2.12 bits per heavy atom. The molecule has 2 rings (SSSR count). The van der Waals surface area contributed by atoms with Crippen LogP contribution < -0.4 is 10.6 Å². The third kappa shape index (κ3) is 7.88. The van der Waals surface area contributed by atoms with Gasteiger partial charge in [-0.25, -0.2) is 4.98 Å². The van der Waals surface area contributed by atoms with Gasteiger partial charge in [-0.3, -0.25) is 4.99 Å². The summed E-state index contributed by atoms with van der Waals surface area (Å²) in [7, 11) is 1.81. The van der Waals surface area contributed by atoms with E-state index in [1.54, 1.807) is 0 Å². The van der Waals surface area contributed by atoms with Gasteiger partial charge >= 0.3 is 0 Å². The maximum atomic E-state index is 5.81. The van der Waals surface area contributed by atoms with Gasteiger partial charge in [0.05, 0.1) is 0 Å². The van der Waals surface area contributed by atoms with Crippen LogP contribution in [-0.2, 0) is 11.2 Å². The first-order valence-electron chi connectivity index (χ1n) is 8.44. The zero-order valence-electron chi connectivity index (χ0n) is 14.9. The molecule has 1 aromatic heterocycles. The van der Waals surface area contributed by atoms with E-state index in [1.165, 1.54) is 0 Å². The number of hydrogen-bond donors (Lipinski definition) is 2. The van der Waals surface area contributed by atoms with Crippen molar-refractivity contribution in [2.45, 2.75) is 30.9 Å². The molecule has 2 N–H and O–H groups in total. The maximum absolute atomic E-state index is 5.81. The molecule has 5 nitrogen and oxygen atoms in total. The molecule has 0 aromatic carbocycles. The lowest BCUT2D eigenvalue weighted by Gasteiger charge is -2.37. The van der Waals surface area contributed by atoms with Crippen LogP contribution >= 0.6 is 47.3 Å². The van der Waals surface area contributed by atoms with Crippen molar-refractivity contribution >= 4 is 53.3 Å². The minimum atomic E-state index is 0. The number of pyridine rings is 1. The van der Waals surface area contributed by atoms with Crippen molar-refractivity contribution in [2.75, 3.05) is 39.1 Å². The molecule has 0 atom stereocenters. The van der Waals surface area contributed by atoms with Gasteiger partial charge in [-0.1, -0.05) is 24.6 Å². The van der Waals surface area contributed by atoms with Gasteiger partial charge < -0.3 is 15.4 Å². The fraction of sp³-hybridized carbons (Fsp3) is 0.647. The summed E-state index contributed by atoms with van der Waals surface area (Å²) in [6, 6.07) is 3.82. The summed E-state index contributed by atoms with van der Waals surface area (Å²) >= 11 is 7.83. The topological polar surface area (TPSA) is 58.5 Å². The van der Waals surface area contributed by atoms with Crippen LogP contribution in [0.15, 0.2) is 23.3 Å². The number of aliphatic imine (C=N–C) groups is 1. The molecule has 8 heteroatoms. The minimum absolute atomic E-state index is 0. The smallest absolute Gasteiger partial charge is 0.191 e. The van der Waals surface area contributed by atoms with Crippen molar-refractivity contribution in [1.82, 2.24) is 15.6 Å². The highest BCUT2D eigenvalue weighted by atomic mass is 127. The average Bonchev–Trinajstić information content (AvgIpc) is 2.61. The molecule has 142 valence electrons. The summed E-state index contributed by atoms with van der Waals surface area (Å²) < 4.78 is 5.78. The number of aromatic nitrogens is 1. The second-order valence-corrected chi connectivity index (χ2v) is 7.94. The molecule has 0 amide bonds. The minimum Gasteiger partial charge on any atom is -0.381 e. The molecule has 0 spiro atoms. The van der Waals surface area contributed by atoms with E-state index >= 15 is 0 Å². The Morgan fingerprint density at radius 3 is 2.72 bits per heavy atom. The third-order valence-electron chi connectivity index (χ3n) is 4.15. The van der Waals surface area contributed by atoms with Gasteiger partial charge in [0, 0.05) is 44.3 Å². The van der Waals surface area contributed by atoms with E-state index in [-0.39, 0.29) is 28.7 Å². The van der Waals surface area contributed by atoms with E-state index < -0.39 is 0 Å². The Hall–Kier alpha value is -0.250. The van der Waals surface area contributed by atoms with Gasteiger partial charge in [0.1, 0.15) is 5.15 Å². The molecule has 1 aromatic rings. The number of guanidine groups is 1. The summed E-state index contributed by atoms with van der Waals surface area (Å²) in [5, 5.41) is 7.38. The zero-order valence-corrected chi connectivity index (χ0v) is 18.8. The Labute approximate surface area is 177 Å². The molecule has 0 unspecified atom stereocenters. The number of ether oxygens (including phenoxy) is 1. The predicted octanol–water partition coefficient (Wildman–Crippen LogP) is 3.36. The largest absolute Gasteiger partial charge is 0.381 e. The SMILES string of the molecule is CCSC1(CNC(=NC)NCCc2ccc(Cl)nc2)CCOCC1.I. The number of thioether (sulfide) groups is 1. The van der Waals surface area contributed by atoms with Crippen LogP contribution in [-0.4, -0.2) is 54.8 Å². The van der Waals surface area contributed by atoms with Gasteiger partial charge in [0.15, 0.2) is 5.96 Å². The van der Waals surface area contributed by atoms with Crippen molar-refractivity contribution in [3.05, 3.63) is 29.0 Å². The second kappa shape index (κ2) is 12.2. The third-order valence-corrected chi connectivity index (χ3v) is 5.83. The fourth-order valence-corrected chi connectivity index (χ4v) is 4.12. The zero-order chi connectivity index (χ0) is 17.3. The van der Waals surface area contributed by atoms with Crippen LogP contribution in [0, 0.1) is 0 Å². The lowest BCUT2D eigenvalue weighted by molar-refractivity contribution is 0.0782. The van der Waals surface area contributed by atoms with Gasteiger partial charge in [-0.05, 0) is 36.6 Å². The van der Waals surface area contributed by atoms with E-state index in [9.17, 15) is 0 Å². The summed E-state index contributed by atoms with van der Waals surface area (Å²) in [5.41, 5.74) is 1.16. The van der Waals surface area contributed by atoms with Crippen LogP contribution in [0.5, 0.6) is 0 Å². The first-order chi connectivity index (χ1) is 11.7. The lowest BCUT2D eigenvalue weighted by Crippen LogP contribution is -2.48. The lowest BCUT2D eigenvalue weighted by atomic mass is 9.99. The standard InChI is InChI=1S/C17H27ClN4OS.HI/c1-3-24-17(7-10-23-11-8-17)13-22-16(19-2)20-9-6-14-4-5-15(18)21-12-14;/h4-5,12H,3,6-11,13H2,1-2H3,(H2,19,20,22);1H. The van der Waals surface area contributed by atoms with E-state index in [2.05, 4.69) is 27.5 Å². The van der Waals surface area contributed by atoms with Gasteiger partial charge in [-0.15, -0.1) is 24.0 Å². The molecule has 25 heavy (non-hydrogen) atoms. The second-order valence-electron chi connectivity index (χ2n) is 5.82. The summed E-state index contributed by atoms with van der Waals surface area (Å²) in [6.07, 6.45) is 4.88. The van der Waals surface area contributed by atoms with Gasteiger partial charge in [0.2, 0.25) is 0 Å². The van der Waals surface area contributed by atoms with Crippen LogP contribution in [0.25, 0.3) is 0 Å². The number of hydrogen-bond acceptors (Lipinski definition) is 4. The number of halogens is 2. The highest BCUT2D eigenvalue weighted by Crippen LogP contribution is 2.34. The van der Waals surface area contributed by atoms with Crippen LogP contribution in [0.4, 0.5) is 0 Å². The molecule has 2 heterocycles. The Morgan fingerprint density at radius 1 is 1.36 bits per heavy atom. The fourth-order valence-electron chi connectivity index (χ4n) is 2.77. The summed E-state index contributed by atoms with van der Waals surface area (Å²) in [5.74, 6) is 1.97. The van der Waals surface area contributed by atoms with E-state index in [4.69, 9.17) is 16.3 Å². The Balaban J connectivity index is 0.00000312. The van der Waals surface area contributed by atoms with E-state index in [0.717, 1.165) is 62.8 Å². The van der Waals surface area contributed by atoms with Gasteiger partial charge in [0.25, 0.3) is 0 Å². The van der Waals surface area contributed by atoms with Gasteiger partial charge in [-0.2, -0.15) is 11.8 Å². The molecular formula is C17H28ClIN4OS. The number of nitrogens with zero attached hydrogens (tertiary/aromatic N) is 2. The molecule has 1 fully saturated rings. The first kappa shape index (κ1) is 22.8. The number of nitrogens with one attached hydrogen (secondary N) is 2. The Bertz CT molecular complexity index is 518. The monoisotopic (exact) mass is 498 g/mol. The molecular weight excluding hydrogens is 471 g/mol. The molecule has 0 saturated carbocycles. The highest BCUT2D eigenvalue weighted by Gasteiger charge is 2.32. The quantitative estimate of drug-likeness (QED) is 0.261.